The molecule has 3 rings (SSSR count). The topological polar surface area (TPSA) is 54.9 Å². The third kappa shape index (κ3) is 4.44. The maximum Gasteiger partial charge on any atom is 0.419 e. The van der Waals surface area contributed by atoms with E-state index < -0.39 is 11.7 Å². The van der Waals surface area contributed by atoms with Crippen LogP contribution in [0.5, 0.6) is 11.5 Å². The van der Waals surface area contributed by atoms with Crippen LogP contribution in [0.3, 0.4) is 0 Å². The van der Waals surface area contributed by atoms with Gasteiger partial charge in [0.05, 0.1) is 19.8 Å². The molecule has 0 aliphatic carbocycles. The number of likely N-dealkylation sites (N-methyl/N-ethyl adjacent to an activating group) is 1. The molecule has 0 radical (unpaired) electrons. The van der Waals surface area contributed by atoms with Gasteiger partial charge in [-0.15, -0.1) is 0 Å². The molecule has 30 heavy (non-hydrogen) atoms. The third-order valence-corrected chi connectivity index (χ3v) is 5.29. The molecule has 1 fully saturated rings. The zero-order chi connectivity index (χ0) is 21.9. The highest BCUT2D eigenvalue weighted by Gasteiger charge is 2.37. The summed E-state index contributed by atoms with van der Waals surface area (Å²) in [7, 11) is 4.59. The van der Waals surface area contributed by atoms with Gasteiger partial charge in [-0.25, -0.2) is 4.98 Å². The van der Waals surface area contributed by atoms with Crippen molar-refractivity contribution >= 4 is 11.7 Å². The van der Waals surface area contributed by atoms with Crippen molar-refractivity contribution in [3.63, 3.8) is 0 Å². The van der Waals surface area contributed by atoms with Crippen molar-refractivity contribution in [3.05, 3.63) is 47.7 Å². The van der Waals surface area contributed by atoms with E-state index >= 15 is 0 Å². The van der Waals surface area contributed by atoms with E-state index in [0.29, 0.717) is 43.0 Å². The van der Waals surface area contributed by atoms with Crippen LogP contribution in [0.15, 0.2) is 36.5 Å². The number of alkyl halides is 3. The lowest BCUT2D eigenvalue weighted by Gasteiger charge is -2.38. The highest BCUT2D eigenvalue weighted by molar-refractivity contribution is 5.95. The van der Waals surface area contributed by atoms with Gasteiger partial charge in [-0.3, -0.25) is 4.79 Å². The van der Waals surface area contributed by atoms with Gasteiger partial charge in [0, 0.05) is 37.9 Å². The largest absolute Gasteiger partial charge is 0.493 e. The number of carbonyl (C=O) groups is 1. The van der Waals surface area contributed by atoms with Crippen LogP contribution >= 0.6 is 0 Å². The summed E-state index contributed by atoms with van der Waals surface area (Å²) in [6.45, 7) is 0.837. The Hall–Kier alpha value is -2.97. The van der Waals surface area contributed by atoms with Crippen LogP contribution in [0.25, 0.3) is 0 Å². The Morgan fingerprint density at radius 2 is 1.93 bits per heavy atom. The Labute approximate surface area is 173 Å². The predicted molar refractivity (Wildman–Crippen MR) is 106 cm³/mol. The number of nitrogens with zero attached hydrogens (tertiary/aromatic N) is 3. The standard InChI is InChI=1S/C21H24F3N3O3/c1-26(19-16(21(22,23)24)7-4-10-25-19)15-6-5-11-27(13-15)20(28)14-8-9-17(29-2)18(12-14)30-3/h4,7-10,12,15H,5-6,11,13H2,1-3H3. The highest BCUT2D eigenvalue weighted by Crippen LogP contribution is 2.36. The summed E-state index contributed by atoms with van der Waals surface area (Å²) in [6, 6.07) is 6.93. The average molecular weight is 423 g/mol. The monoisotopic (exact) mass is 423 g/mol. The summed E-state index contributed by atoms with van der Waals surface area (Å²) in [5, 5.41) is 0. The second-order valence-corrected chi connectivity index (χ2v) is 7.10. The fraction of sp³-hybridized carbons (Fsp3) is 0.429. The number of benzene rings is 1. The number of halogens is 3. The molecule has 162 valence electrons. The smallest absolute Gasteiger partial charge is 0.419 e. The minimum absolute atomic E-state index is 0.129. The van der Waals surface area contributed by atoms with E-state index in [2.05, 4.69) is 4.98 Å². The molecule has 0 saturated carbocycles. The summed E-state index contributed by atoms with van der Waals surface area (Å²) in [4.78, 5) is 20.2. The molecule has 1 saturated heterocycles. The van der Waals surface area contributed by atoms with E-state index in [9.17, 15) is 18.0 Å². The number of aromatic nitrogens is 1. The number of methoxy groups -OCH3 is 2. The zero-order valence-corrected chi connectivity index (χ0v) is 17.1. The van der Waals surface area contributed by atoms with Gasteiger partial charge in [-0.2, -0.15) is 13.2 Å². The van der Waals surface area contributed by atoms with Crippen LogP contribution in [0.4, 0.5) is 19.0 Å². The van der Waals surface area contributed by atoms with Gasteiger partial charge in [0.1, 0.15) is 5.82 Å². The molecular weight excluding hydrogens is 399 g/mol. The number of rotatable bonds is 5. The zero-order valence-electron chi connectivity index (χ0n) is 17.1. The lowest BCUT2D eigenvalue weighted by Crippen LogP contribution is -2.49. The predicted octanol–water partition coefficient (Wildman–Crippen LogP) is 3.86. The number of carbonyl (C=O) groups excluding carboxylic acids is 1. The number of anilines is 1. The first-order valence-corrected chi connectivity index (χ1v) is 9.52. The quantitative estimate of drug-likeness (QED) is 0.731. The van der Waals surface area contributed by atoms with Gasteiger partial charge in [0.2, 0.25) is 0 Å². The number of hydrogen-bond donors (Lipinski definition) is 0. The van der Waals surface area contributed by atoms with Crippen molar-refractivity contribution in [3.8, 4) is 11.5 Å². The van der Waals surface area contributed by atoms with E-state index in [4.69, 9.17) is 9.47 Å². The maximum absolute atomic E-state index is 13.4. The highest BCUT2D eigenvalue weighted by atomic mass is 19.4. The van der Waals surface area contributed by atoms with Gasteiger partial charge in [-0.05, 0) is 43.2 Å². The SMILES string of the molecule is COc1ccc(C(=O)N2CCCC(N(C)c3ncccc3C(F)(F)F)C2)cc1OC. The third-order valence-electron chi connectivity index (χ3n) is 5.29. The fourth-order valence-electron chi connectivity index (χ4n) is 3.68. The molecule has 1 aromatic carbocycles. The molecule has 0 bridgehead atoms. The Balaban J connectivity index is 1.80. The number of pyridine rings is 1. The Bertz CT molecular complexity index is 905. The summed E-state index contributed by atoms with van der Waals surface area (Å²) in [5.41, 5.74) is -0.347. The second kappa shape index (κ2) is 8.81. The van der Waals surface area contributed by atoms with Crippen LogP contribution in [0.1, 0.15) is 28.8 Å². The number of amides is 1. The molecule has 2 heterocycles. The summed E-state index contributed by atoms with van der Waals surface area (Å²) in [6.07, 6.45) is -1.81. The fourth-order valence-corrected chi connectivity index (χ4v) is 3.68. The lowest BCUT2D eigenvalue weighted by atomic mass is 10.0. The molecule has 9 heteroatoms. The molecule has 1 aliphatic rings. The Morgan fingerprint density at radius 1 is 1.20 bits per heavy atom. The molecule has 1 amide bonds. The van der Waals surface area contributed by atoms with Crippen molar-refractivity contribution < 1.29 is 27.4 Å². The minimum atomic E-state index is -4.50. The number of hydrogen-bond acceptors (Lipinski definition) is 5. The maximum atomic E-state index is 13.4. The van der Waals surface area contributed by atoms with E-state index in [1.807, 2.05) is 0 Å². The van der Waals surface area contributed by atoms with Gasteiger partial charge in [0.15, 0.2) is 11.5 Å². The first kappa shape index (κ1) is 21.7. The molecule has 1 aromatic heterocycles. The Morgan fingerprint density at radius 3 is 2.60 bits per heavy atom. The van der Waals surface area contributed by atoms with Crippen molar-refractivity contribution in [1.82, 2.24) is 9.88 Å². The summed E-state index contributed by atoms with van der Waals surface area (Å²) in [5.74, 6) is 0.624. The van der Waals surface area contributed by atoms with E-state index in [1.54, 1.807) is 30.1 Å². The van der Waals surface area contributed by atoms with Crippen LogP contribution in [0.2, 0.25) is 0 Å². The number of likely N-dealkylation sites (tertiary alicyclic amines) is 1. The number of ether oxygens (including phenoxy) is 2. The van der Waals surface area contributed by atoms with Crippen molar-refractivity contribution in [2.45, 2.75) is 25.1 Å². The summed E-state index contributed by atoms with van der Waals surface area (Å²) < 4.78 is 50.6. The van der Waals surface area contributed by atoms with Gasteiger partial charge < -0.3 is 19.3 Å². The molecule has 2 aromatic rings. The van der Waals surface area contributed by atoms with Crippen molar-refractivity contribution in [2.75, 3.05) is 39.3 Å². The van der Waals surface area contributed by atoms with E-state index in [0.717, 1.165) is 6.07 Å². The van der Waals surface area contributed by atoms with Gasteiger partial charge in [-0.1, -0.05) is 0 Å². The molecule has 6 nitrogen and oxygen atoms in total. The van der Waals surface area contributed by atoms with Crippen LogP contribution in [-0.4, -0.2) is 56.2 Å². The number of piperidine rings is 1. The van der Waals surface area contributed by atoms with E-state index in [1.165, 1.54) is 31.4 Å². The summed E-state index contributed by atoms with van der Waals surface area (Å²) >= 11 is 0. The van der Waals surface area contributed by atoms with Crippen molar-refractivity contribution in [2.24, 2.45) is 0 Å². The van der Waals surface area contributed by atoms with E-state index in [-0.39, 0.29) is 17.8 Å². The molecular formula is C21H24F3N3O3. The van der Waals surface area contributed by atoms with Crippen LogP contribution in [-0.2, 0) is 6.18 Å². The second-order valence-electron chi connectivity index (χ2n) is 7.10. The molecule has 1 aliphatic heterocycles. The normalized spacial score (nSPS) is 16.9. The first-order valence-electron chi connectivity index (χ1n) is 9.52. The lowest BCUT2D eigenvalue weighted by molar-refractivity contribution is -0.137. The van der Waals surface area contributed by atoms with Crippen molar-refractivity contribution in [1.29, 1.82) is 0 Å². The molecule has 0 spiro atoms. The minimum Gasteiger partial charge on any atom is -0.493 e. The molecule has 1 unspecified atom stereocenters. The average Bonchev–Trinajstić information content (AvgIpc) is 2.77. The van der Waals surface area contributed by atoms with Gasteiger partial charge >= 0.3 is 6.18 Å². The first-order chi connectivity index (χ1) is 14.3. The van der Waals surface area contributed by atoms with Crippen LogP contribution in [0, 0.1) is 0 Å². The van der Waals surface area contributed by atoms with Crippen LogP contribution < -0.4 is 14.4 Å². The Kier molecular flexibility index (Phi) is 6.38. The molecule has 0 N–H and O–H groups in total. The molecule has 1 atom stereocenters. The van der Waals surface area contributed by atoms with Gasteiger partial charge in [0.25, 0.3) is 5.91 Å².